The van der Waals surface area contributed by atoms with Gasteiger partial charge in [0.2, 0.25) is 0 Å². The minimum Gasteiger partial charge on any atom is -0.367 e. The highest BCUT2D eigenvalue weighted by molar-refractivity contribution is 5.52. The first-order valence-electron chi connectivity index (χ1n) is 10.0. The van der Waals surface area contributed by atoms with E-state index >= 15 is 0 Å². The Balaban J connectivity index is 1.51. The number of anilines is 2. The van der Waals surface area contributed by atoms with E-state index in [1.807, 2.05) is 0 Å². The summed E-state index contributed by atoms with van der Waals surface area (Å²) in [6, 6.07) is 6.18. The molecule has 5 aliphatic rings. The summed E-state index contributed by atoms with van der Waals surface area (Å²) in [4.78, 5) is 10.2. The molecule has 0 spiro atoms. The highest BCUT2D eigenvalue weighted by Gasteiger charge is 2.35. The molecule has 130 valence electrons. The molecule has 1 saturated heterocycles. The van der Waals surface area contributed by atoms with Crippen molar-refractivity contribution < 1.29 is 0 Å². The molecule has 3 atom stereocenters. The number of fused-ring (bicyclic) bond motifs is 2. The Morgan fingerprint density at radius 1 is 1.04 bits per heavy atom. The van der Waals surface area contributed by atoms with E-state index in [1.165, 1.54) is 63.0 Å². The Bertz CT molecular complexity index is 604. The van der Waals surface area contributed by atoms with Crippen LogP contribution in [0.3, 0.4) is 0 Å². The van der Waals surface area contributed by atoms with Gasteiger partial charge >= 0.3 is 0 Å². The van der Waals surface area contributed by atoms with Gasteiger partial charge in [0.1, 0.15) is 11.6 Å². The molecule has 0 radical (unpaired) electrons. The van der Waals surface area contributed by atoms with Crippen LogP contribution in [0.15, 0.2) is 12.1 Å². The van der Waals surface area contributed by atoms with Crippen LogP contribution in [0.25, 0.3) is 0 Å². The molecule has 24 heavy (non-hydrogen) atoms. The van der Waals surface area contributed by atoms with Crippen LogP contribution in [0.1, 0.15) is 56.9 Å². The molecule has 2 aliphatic carbocycles. The van der Waals surface area contributed by atoms with E-state index < -0.39 is 0 Å². The number of hydrogen-bond donors (Lipinski definition) is 1. The monoisotopic (exact) mass is 326 g/mol. The van der Waals surface area contributed by atoms with Crippen molar-refractivity contribution in [2.24, 2.45) is 5.92 Å². The highest BCUT2D eigenvalue weighted by Crippen LogP contribution is 2.43. The van der Waals surface area contributed by atoms with Gasteiger partial charge in [-0.3, -0.25) is 4.90 Å². The van der Waals surface area contributed by atoms with Crippen LogP contribution in [0.4, 0.5) is 11.6 Å². The fourth-order valence-corrected chi connectivity index (χ4v) is 5.18. The maximum Gasteiger partial charge on any atom is 0.131 e. The summed E-state index contributed by atoms with van der Waals surface area (Å²) in [5.41, 5.74) is 1.54. The second-order valence-corrected chi connectivity index (χ2v) is 8.45. The largest absolute Gasteiger partial charge is 0.367 e. The standard InChI is InChI=1S/C20H30N4/c1-14-15-5-6-16(11-15)17-12-19(21-18-3-2-4-18)22-20(13-17)24-9-7-23(14)8-10-24/h12-16,18H,2-11H2,1H3,(H,21,22). The molecule has 4 heterocycles. The van der Waals surface area contributed by atoms with Crippen LogP contribution in [-0.2, 0) is 0 Å². The van der Waals surface area contributed by atoms with Gasteiger partial charge in [-0.05, 0) is 75.0 Å². The smallest absolute Gasteiger partial charge is 0.131 e. The van der Waals surface area contributed by atoms with Gasteiger partial charge in [-0.15, -0.1) is 0 Å². The predicted octanol–water partition coefficient (Wildman–Crippen LogP) is 3.45. The lowest BCUT2D eigenvalue weighted by Gasteiger charge is -2.40. The molecule has 6 rings (SSSR count). The molecular weight excluding hydrogens is 296 g/mol. The summed E-state index contributed by atoms with van der Waals surface area (Å²) < 4.78 is 0. The molecule has 3 fully saturated rings. The van der Waals surface area contributed by atoms with Gasteiger partial charge < -0.3 is 10.2 Å². The van der Waals surface area contributed by atoms with Crippen LogP contribution in [0, 0.1) is 5.92 Å². The normalized spacial score (nSPS) is 35.5. The van der Waals surface area contributed by atoms with Crippen molar-refractivity contribution in [1.29, 1.82) is 0 Å². The number of piperazine rings is 1. The average molecular weight is 326 g/mol. The van der Waals surface area contributed by atoms with Crippen LogP contribution in [-0.4, -0.2) is 48.1 Å². The summed E-state index contributed by atoms with van der Waals surface area (Å²) in [7, 11) is 0. The second-order valence-electron chi connectivity index (χ2n) is 8.45. The van der Waals surface area contributed by atoms with Gasteiger partial charge in [0, 0.05) is 38.3 Å². The lowest BCUT2D eigenvalue weighted by molar-refractivity contribution is 0.146. The Morgan fingerprint density at radius 2 is 1.88 bits per heavy atom. The Labute approximate surface area is 145 Å². The van der Waals surface area contributed by atoms with Crippen LogP contribution < -0.4 is 10.2 Å². The summed E-state index contributed by atoms with van der Waals surface area (Å²) in [6.07, 6.45) is 8.11. The summed E-state index contributed by atoms with van der Waals surface area (Å²) in [5, 5.41) is 3.70. The van der Waals surface area contributed by atoms with Gasteiger partial charge in [-0.1, -0.05) is 0 Å². The SMILES string of the molecule is CC1C2CCC(C2)c2cc(NC3CCC3)nc(c2)N2CCN1CC2. The fraction of sp³-hybridized carbons (Fsp3) is 0.750. The molecule has 1 aromatic heterocycles. The quantitative estimate of drug-likeness (QED) is 0.902. The molecule has 1 N–H and O–H groups in total. The van der Waals surface area contributed by atoms with Crippen LogP contribution in [0.2, 0.25) is 0 Å². The number of aromatic nitrogens is 1. The maximum atomic E-state index is 5.00. The molecule has 3 unspecified atom stereocenters. The third-order valence-corrected chi connectivity index (χ3v) is 7.13. The van der Waals surface area contributed by atoms with E-state index in [2.05, 4.69) is 34.2 Å². The third-order valence-electron chi connectivity index (χ3n) is 7.13. The lowest BCUT2D eigenvalue weighted by atomic mass is 9.92. The lowest BCUT2D eigenvalue weighted by Crippen LogP contribution is -2.51. The van der Waals surface area contributed by atoms with Crippen molar-refractivity contribution in [3.63, 3.8) is 0 Å². The average Bonchev–Trinajstić information content (AvgIpc) is 3.06. The van der Waals surface area contributed by atoms with E-state index in [-0.39, 0.29) is 0 Å². The first-order chi connectivity index (χ1) is 11.8. The zero-order valence-electron chi connectivity index (χ0n) is 14.9. The summed E-state index contributed by atoms with van der Waals surface area (Å²) >= 11 is 0. The minimum absolute atomic E-state index is 0.657. The van der Waals surface area contributed by atoms with Gasteiger partial charge in [0.25, 0.3) is 0 Å². The van der Waals surface area contributed by atoms with E-state index in [0.29, 0.717) is 6.04 Å². The van der Waals surface area contributed by atoms with Crippen molar-refractivity contribution in [2.45, 2.75) is 63.5 Å². The molecule has 4 heteroatoms. The highest BCUT2D eigenvalue weighted by atomic mass is 15.3. The zero-order valence-corrected chi connectivity index (χ0v) is 14.9. The number of hydrogen-bond acceptors (Lipinski definition) is 4. The summed E-state index contributed by atoms with van der Waals surface area (Å²) in [5.74, 6) is 3.96. The van der Waals surface area contributed by atoms with Crippen molar-refractivity contribution in [2.75, 3.05) is 36.4 Å². The first-order valence-corrected chi connectivity index (χ1v) is 10.0. The molecule has 2 saturated carbocycles. The minimum atomic E-state index is 0.657. The number of pyridine rings is 1. The van der Waals surface area contributed by atoms with E-state index in [0.717, 1.165) is 36.8 Å². The molecule has 0 amide bonds. The maximum absolute atomic E-state index is 5.00. The zero-order chi connectivity index (χ0) is 16.1. The predicted molar refractivity (Wildman–Crippen MR) is 98.8 cm³/mol. The van der Waals surface area contributed by atoms with E-state index in [4.69, 9.17) is 4.98 Å². The summed E-state index contributed by atoms with van der Waals surface area (Å²) in [6.45, 7) is 7.11. The number of nitrogens with one attached hydrogen (secondary N) is 1. The van der Waals surface area contributed by atoms with Crippen molar-refractivity contribution >= 4 is 11.6 Å². The van der Waals surface area contributed by atoms with Crippen molar-refractivity contribution in [3.8, 4) is 0 Å². The number of rotatable bonds is 2. The van der Waals surface area contributed by atoms with Gasteiger partial charge in [0.05, 0.1) is 0 Å². The molecule has 1 aromatic rings. The van der Waals surface area contributed by atoms with Crippen molar-refractivity contribution in [1.82, 2.24) is 9.88 Å². The van der Waals surface area contributed by atoms with Gasteiger partial charge in [-0.2, -0.15) is 0 Å². The Kier molecular flexibility index (Phi) is 3.69. The first kappa shape index (κ1) is 15.0. The Hall–Kier alpha value is -1.29. The van der Waals surface area contributed by atoms with E-state index in [1.54, 1.807) is 0 Å². The molecule has 4 nitrogen and oxygen atoms in total. The molecule has 0 aromatic carbocycles. The third kappa shape index (κ3) is 2.59. The van der Waals surface area contributed by atoms with Crippen LogP contribution >= 0.6 is 0 Å². The topological polar surface area (TPSA) is 31.4 Å². The molecule has 3 aliphatic heterocycles. The molecular formula is C20H30N4. The molecule has 6 bridgehead atoms. The number of nitrogens with zero attached hydrogens (tertiary/aromatic N) is 3. The van der Waals surface area contributed by atoms with Gasteiger partial charge in [0.15, 0.2) is 0 Å². The van der Waals surface area contributed by atoms with Crippen LogP contribution in [0.5, 0.6) is 0 Å². The fourth-order valence-electron chi connectivity index (χ4n) is 5.18. The second kappa shape index (κ2) is 5.91. The van der Waals surface area contributed by atoms with E-state index in [9.17, 15) is 0 Å². The van der Waals surface area contributed by atoms with Gasteiger partial charge in [-0.25, -0.2) is 4.98 Å². The van der Waals surface area contributed by atoms with Crippen molar-refractivity contribution in [3.05, 3.63) is 17.7 Å². The Morgan fingerprint density at radius 3 is 2.62 bits per heavy atom.